The summed E-state index contributed by atoms with van der Waals surface area (Å²) in [6, 6.07) is 14.3. The van der Waals surface area contributed by atoms with E-state index in [0.29, 0.717) is 24.4 Å². The van der Waals surface area contributed by atoms with Crippen LogP contribution in [0.25, 0.3) is 0 Å². The molecule has 1 aliphatic heterocycles. The largest absolute Gasteiger partial charge is 0.497 e. The van der Waals surface area contributed by atoms with Gasteiger partial charge in [-0.1, -0.05) is 12.1 Å². The SMILES string of the molecule is COc1ccc(CNC(=O)c2ccc(NC(=O)[C@H]3CCCO3)cc2)cc1. The molecule has 0 unspecified atom stereocenters. The molecule has 1 aliphatic rings. The van der Waals surface area contributed by atoms with E-state index in [-0.39, 0.29) is 17.9 Å². The van der Waals surface area contributed by atoms with Crippen LogP contribution in [0, 0.1) is 0 Å². The molecule has 0 spiro atoms. The van der Waals surface area contributed by atoms with Crippen LogP contribution in [0.2, 0.25) is 0 Å². The van der Waals surface area contributed by atoms with Crippen molar-refractivity contribution in [3.63, 3.8) is 0 Å². The fraction of sp³-hybridized carbons (Fsp3) is 0.300. The summed E-state index contributed by atoms with van der Waals surface area (Å²) < 4.78 is 10.5. The van der Waals surface area contributed by atoms with Crippen molar-refractivity contribution in [1.29, 1.82) is 0 Å². The minimum absolute atomic E-state index is 0.140. The first-order valence-electron chi connectivity index (χ1n) is 8.59. The van der Waals surface area contributed by atoms with Gasteiger partial charge in [0.25, 0.3) is 11.8 Å². The van der Waals surface area contributed by atoms with E-state index in [9.17, 15) is 9.59 Å². The molecule has 136 valence electrons. The summed E-state index contributed by atoms with van der Waals surface area (Å²) in [7, 11) is 1.61. The van der Waals surface area contributed by atoms with E-state index < -0.39 is 0 Å². The standard InChI is InChI=1S/C20H22N2O4/c1-25-17-10-4-14(5-11-17)13-21-19(23)15-6-8-16(9-7-15)22-20(24)18-3-2-12-26-18/h4-11,18H,2-3,12-13H2,1H3,(H,21,23)(H,22,24)/t18-/m1/s1. The number of methoxy groups -OCH3 is 1. The first kappa shape index (κ1) is 17.9. The molecule has 2 aromatic carbocycles. The third kappa shape index (κ3) is 4.61. The van der Waals surface area contributed by atoms with Gasteiger partial charge in [-0.2, -0.15) is 0 Å². The van der Waals surface area contributed by atoms with Gasteiger partial charge in [0, 0.05) is 24.4 Å². The van der Waals surface area contributed by atoms with Gasteiger partial charge in [0.05, 0.1) is 7.11 Å². The fourth-order valence-corrected chi connectivity index (χ4v) is 2.74. The molecule has 0 saturated carbocycles. The number of carbonyl (C=O) groups is 2. The van der Waals surface area contributed by atoms with Crippen LogP contribution < -0.4 is 15.4 Å². The number of amides is 2. The lowest BCUT2D eigenvalue weighted by Gasteiger charge is -2.11. The van der Waals surface area contributed by atoms with Gasteiger partial charge in [-0.25, -0.2) is 0 Å². The van der Waals surface area contributed by atoms with Gasteiger partial charge >= 0.3 is 0 Å². The molecule has 3 rings (SSSR count). The number of ether oxygens (including phenoxy) is 2. The Balaban J connectivity index is 1.52. The van der Waals surface area contributed by atoms with Crippen molar-refractivity contribution in [1.82, 2.24) is 5.32 Å². The van der Waals surface area contributed by atoms with Crippen LogP contribution in [-0.4, -0.2) is 31.6 Å². The van der Waals surface area contributed by atoms with Crippen molar-refractivity contribution in [3.05, 3.63) is 59.7 Å². The lowest BCUT2D eigenvalue weighted by molar-refractivity contribution is -0.124. The summed E-state index contributed by atoms with van der Waals surface area (Å²) in [4.78, 5) is 24.3. The molecular formula is C20H22N2O4. The summed E-state index contributed by atoms with van der Waals surface area (Å²) in [5.41, 5.74) is 2.17. The van der Waals surface area contributed by atoms with E-state index in [0.717, 1.165) is 24.2 Å². The molecule has 1 atom stereocenters. The Kier molecular flexibility index (Phi) is 5.86. The second kappa shape index (κ2) is 8.49. The van der Waals surface area contributed by atoms with Crippen molar-refractivity contribution in [2.24, 2.45) is 0 Å². The molecular weight excluding hydrogens is 332 g/mol. The summed E-state index contributed by atoms with van der Waals surface area (Å²) in [6.07, 6.45) is 1.28. The first-order chi connectivity index (χ1) is 12.7. The molecule has 6 heteroatoms. The molecule has 0 radical (unpaired) electrons. The highest BCUT2D eigenvalue weighted by Gasteiger charge is 2.23. The monoisotopic (exact) mass is 354 g/mol. The van der Waals surface area contributed by atoms with Gasteiger partial charge < -0.3 is 20.1 Å². The average Bonchev–Trinajstić information content (AvgIpc) is 3.22. The van der Waals surface area contributed by atoms with Crippen molar-refractivity contribution >= 4 is 17.5 Å². The van der Waals surface area contributed by atoms with Crippen molar-refractivity contribution in [2.75, 3.05) is 19.0 Å². The minimum Gasteiger partial charge on any atom is -0.497 e. The third-order valence-electron chi connectivity index (χ3n) is 4.25. The highest BCUT2D eigenvalue weighted by atomic mass is 16.5. The Morgan fingerprint density at radius 2 is 1.85 bits per heavy atom. The predicted molar refractivity (Wildman–Crippen MR) is 98.2 cm³/mol. The topological polar surface area (TPSA) is 76.7 Å². The average molecular weight is 354 g/mol. The number of hydrogen-bond acceptors (Lipinski definition) is 4. The Morgan fingerprint density at radius 1 is 1.12 bits per heavy atom. The number of hydrogen-bond donors (Lipinski definition) is 2. The molecule has 1 saturated heterocycles. The summed E-state index contributed by atoms with van der Waals surface area (Å²) in [6.45, 7) is 1.06. The van der Waals surface area contributed by atoms with Gasteiger partial charge in [-0.3, -0.25) is 9.59 Å². The summed E-state index contributed by atoms with van der Waals surface area (Å²) in [5, 5.41) is 5.68. The molecule has 0 aliphatic carbocycles. The predicted octanol–water partition coefficient (Wildman–Crippen LogP) is 2.74. The Morgan fingerprint density at radius 3 is 2.46 bits per heavy atom. The third-order valence-corrected chi connectivity index (χ3v) is 4.25. The molecule has 1 heterocycles. The molecule has 0 bridgehead atoms. The van der Waals surface area contributed by atoms with E-state index in [1.807, 2.05) is 24.3 Å². The maximum Gasteiger partial charge on any atom is 0.253 e. The number of carbonyl (C=O) groups excluding carboxylic acids is 2. The van der Waals surface area contributed by atoms with E-state index in [1.165, 1.54) is 0 Å². The number of anilines is 1. The van der Waals surface area contributed by atoms with Gasteiger partial charge in [0.15, 0.2) is 0 Å². The van der Waals surface area contributed by atoms with Crippen molar-refractivity contribution in [3.8, 4) is 5.75 Å². The molecule has 1 fully saturated rings. The minimum atomic E-state index is -0.373. The highest BCUT2D eigenvalue weighted by molar-refractivity contribution is 5.96. The fourth-order valence-electron chi connectivity index (χ4n) is 2.74. The zero-order chi connectivity index (χ0) is 18.4. The number of benzene rings is 2. The van der Waals surface area contributed by atoms with Crippen LogP contribution in [0.5, 0.6) is 5.75 Å². The van der Waals surface area contributed by atoms with E-state index in [1.54, 1.807) is 31.4 Å². The quantitative estimate of drug-likeness (QED) is 0.836. The van der Waals surface area contributed by atoms with Gasteiger partial charge in [-0.15, -0.1) is 0 Å². The molecule has 2 N–H and O–H groups in total. The number of rotatable bonds is 6. The van der Waals surface area contributed by atoms with Gasteiger partial charge in [0.1, 0.15) is 11.9 Å². The lowest BCUT2D eigenvalue weighted by atomic mass is 10.1. The van der Waals surface area contributed by atoms with Crippen LogP contribution in [0.4, 0.5) is 5.69 Å². The second-order valence-corrected chi connectivity index (χ2v) is 6.10. The van der Waals surface area contributed by atoms with E-state index in [4.69, 9.17) is 9.47 Å². The van der Waals surface area contributed by atoms with E-state index in [2.05, 4.69) is 10.6 Å². The normalized spacial score (nSPS) is 16.1. The van der Waals surface area contributed by atoms with Crippen LogP contribution >= 0.6 is 0 Å². The summed E-state index contributed by atoms with van der Waals surface area (Å²) >= 11 is 0. The summed E-state index contributed by atoms with van der Waals surface area (Å²) in [5.74, 6) is 0.470. The molecule has 2 aromatic rings. The Bertz CT molecular complexity index is 750. The lowest BCUT2D eigenvalue weighted by Crippen LogP contribution is -2.27. The first-order valence-corrected chi connectivity index (χ1v) is 8.59. The Labute approximate surface area is 152 Å². The smallest absolute Gasteiger partial charge is 0.253 e. The van der Waals surface area contributed by atoms with E-state index >= 15 is 0 Å². The van der Waals surface area contributed by atoms with Crippen LogP contribution in [-0.2, 0) is 16.1 Å². The van der Waals surface area contributed by atoms with Crippen molar-refractivity contribution in [2.45, 2.75) is 25.5 Å². The maximum atomic E-state index is 12.2. The van der Waals surface area contributed by atoms with Gasteiger partial charge in [-0.05, 0) is 54.8 Å². The van der Waals surface area contributed by atoms with Crippen LogP contribution in [0.15, 0.2) is 48.5 Å². The molecule has 26 heavy (non-hydrogen) atoms. The zero-order valence-corrected chi connectivity index (χ0v) is 14.7. The highest BCUT2D eigenvalue weighted by Crippen LogP contribution is 2.16. The van der Waals surface area contributed by atoms with Gasteiger partial charge in [0.2, 0.25) is 0 Å². The molecule has 6 nitrogen and oxygen atoms in total. The Hall–Kier alpha value is -2.86. The van der Waals surface area contributed by atoms with Crippen molar-refractivity contribution < 1.29 is 19.1 Å². The van der Waals surface area contributed by atoms with Crippen LogP contribution in [0.3, 0.4) is 0 Å². The maximum absolute atomic E-state index is 12.2. The van der Waals surface area contributed by atoms with Crippen LogP contribution in [0.1, 0.15) is 28.8 Å². The number of nitrogens with one attached hydrogen (secondary N) is 2. The second-order valence-electron chi connectivity index (χ2n) is 6.10. The molecule has 0 aromatic heterocycles. The zero-order valence-electron chi connectivity index (χ0n) is 14.7. The molecule has 2 amide bonds.